The van der Waals surface area contributed by atoms with Crippen molar-refractivity contribution in [1.82, 2.24) is 25.0 Å². The quantitative estimate of drug-likeness (QED) is 0.780. The van der Waals surface area contributed by atoms with Crippen molar-refractivity contribution < 1.29 is 0 Å². The van der Waals surface area contributed by atoms with E-state index in [1.165, 1.54) is 0 Å². The number of nitrogens with zero attached hydrogens (tertiary/aromatic N) is 6. The molecule has 7 nitrogen and oxygen atoms in total. The van der Waals surface area contributed by atoms with Gasteiger partial charge in [-0.2, -0.15) is 4.98 Å². The van der Waals surface area contributed by atoms with Crippen LogP contribution in [0.2, 0.25) is 0 Å². The average Bonchev–Trinajstić information content (AvgIpc) is 2.89. The maximum Gasteiger partial charge on any atom is 0.224 e. The van der Waals surface area contributed by atoms with E-state index in [9.17, 15) is 0 Å². The van der Waals surface area contributed by atoms with Gasteiger partial charge in [0.05, 0.1) is 6.20 Å². The van der Waals surface area contributed by atoms with Crippen LogP contribution in [0.25, 0.3) is 0 Å². The molecule has 1 N–H and O–H groups in total. The lowest BCUT2D eigenvalue weighted by atomic mass is 10.3. The number of rotatable bonds is 6. The molecule has 2 heterocycles. The lowest BCUT2D eigenvalue weighted by Crippen LogP contribution is -2.15. The Morgan fingerprint density at radius 3 is 2.89 bits per heavy atom. The molecule has 2 rings (SSSR count). The largest absolute Gasteiger partial charge is 0.362 e. The van der Waals surface area contributed by atoms with Crippen molar-refractivity contribution in [3.8, 4) is 0 Å². The Morgan fingerprint density at radius 2 is 2.21 bits per heavy atom. The van der Waals surface area contributed by atoms with Gasteiger partial charge in [-0.15, -0.1) is 5.10 Å². The smallest absolute Gasteiger partial charge is 0.224 e. The van der Waals surface area contributed by atoms with Crippen LogP contribution < -0.4 is 10.2 Å². The summed E-state index contributed by atoms with van der Waals surface area (Å²) in [5.41, 5.74) is 1.07. The van der Waals surface area contributed by atoms with E-state index >= 15 is 0 Å². The normalized spacial score (nSPS) is 10.5. The number of hydrogen-bond donors (Lipinski definition) is 1. The third-order valence-corrected chi connectivity index (χ3v) is 2.69. The van der Waals surface area contributed by atoms with Crippen molar-refractivity contribution in [2.24, 2.45) is 0 Å². The summed E-state index contributed by atoms with van der Waals surface area (Å²) >= 11 is 0. The zero-order chi connectivity index (χ0) is 13.7. The first-order chi connectivity index (χ1) is 9.16. The molecule has 19 heavy (non-hydrogen) atoms. The minimum absolute atomic E-state index is 0.660. The fourth-order valence-corrected chi connectivity index (χ4v) is 1.76. The lowest BCUT2D eigenvalue weighted by molar-refractivity contribution is 0.569. The lowest BCUT2D eigenvalue weighted by Gasteiger charge is -2.15. The third kappa shape index (κ3) is 3.64. The molecule has 0 atom stereocenters. The fourth-order valence-electron chi connectivity index (χ4n) is 1.76. The van der Waals surface area contributed by atoms with Crippen molar-refractivity contribution in [3.63, 3.8) is 0 Å². The zero-order valence-electron chi connectivity index (χ0n) is 11.5. The van der Waals surface area contributed by atoms with E-state index in [2.05, 4.69) is 25.6 Å². The van der Waals surface area contributed by atoms with Gasteiger partial charge in [-0.05, 0) is 13.3 Å². The van der Waals surface area contributed by atoms with Gasteiger partial charge in [0.25, 0.3) is 0 Å². The molecule has 0 aliphatic heterocycles. The van der Waals surface area contributed by atoms with Crippen molar-refractivity contribution in [1.29, 1.82) is 0 Å². The van der Waals surface area contributed by atoms with Gasteiger partial charge in [-0.3, -0.25) is 4.68 Å². The van der Waals surface area contributed by atoms with Gasteiger partial charge >= 0.3 is 0 Å². The fraction of sp³-hybridized carbons (Fsp3) is 0.500. The maximum absolute atomic E-state index is 4.48. The molecule has 2 aromatic rings. The summed E-state index contributed by atoms with van der Waals surface area (Å²) in [4.78, 5) is 10.7. The molecule has 0 saturated carbocycles. The number of hydrogen-bond acceptors (Lipinski definition) is 6. The minimum atomic E-state index is 0.660. The standard InChI is InChI=1S/C12H19N7/c1-10-9-14-12(16-11(10)18(2)3)13-5-4-7-19-8-6-15-17-19/h6,8-9H,4-5,7H2,1-3H3,(H,13,14,16). The predicted octanol–water partition coefficient (Wildman–Crippen LogP) is 0.945. The summed E-state index contributed by atoms with van der Waals surface area (Å²) in [6, 6.07) is 0. The van der Waals surface area contributed by atoms with Crippen molar-refractivity contribution in [2.45, 2.75) is 19.9 Å². The Labute approximate surface area is 112 Å². The number of nitrogens with one attached hydrogen (secondary N) is 1. The van der Waals surface area contributed by atoms with E-state index in [0.717, 1.165) is 30.9 Å². The molecule has 0 fully saturated rings. The molecule has 0 aromatic carbocycles. The SMILES string of the molecule is Cc1cnc(NCCCn2ccnn2)nc1N(C)C. The molecule has 0 amide bonds. The van der Waals surface area contributed by atoms with Gasteiger partial charge in [0.1, 0.15) is 5.82 Å². The first kappa shape index (κ1) is 13.3. The van der Waals surface area contributed by atoms with Crippen LogP contribution >= 0.6 is 0 Å². The molecule has 7 heteroatoms. The molecule has 102 valence electrons. The van der Waals surface area contributed by atoms with Gasteiger partial charge in [0.2, 0.25) is 5.95 Å². The highest BCUT2D eigenvalue weighted by molar-refractivity contribution is 5.47. The summed E-state index contributed by atoms with van der Waals surface area (Å²) in [5, 5.41) is 10.9. The van der Waals surface area contributed by atoms with Crippen LogP contribution in [0, 0.1) is 6.92 Å². The van der Waals surface area contributed by atoms with Crippen LogP contribution in [0.4, 0.5) is 11.8 Å². The molecule has 0 aliphatic carbocycles. The van der Waals surface area contributed by atoms with E-state index in [1.807, 2.05) is 43.0 Å². The molecule has 0 aliphatic rings. The molecule has 2 aromatic heterocycles. The molecular formula is C12H19N7. The molecule has 0 unspecified atom stereocenters. The second-order valence-electron chi connectivity index (χ2n) is 4.54. The minimum Gasteiger partial charge on any atom is -0.362 e. The van der Waals surface area contributed by atoms with Gasteiger partial charge in [0, 0.05) is 45.1 Å². The Morgan fingerprint density at radius 1 is 1.37 bits per heavy atom. The van der Waals surface area contributed by atoms with Crippen LogP contribution in [0.3, 0.4) is 0 Å². The average molecular weight is 261 g/mol. The van der Waals surface area contributed by atoms with E-state index in [4.69, 9.17) is 0 Å². The Balaban J connectivity index is 1.84. The highest BCUT2D eigenvalue weighted by Crippen LogP contribution is 2.14. The molecule has 0 bridgehead atoms. The monoisotopic (exact) mass is 261 g/mol. The maximum atomic E-state index is 4.48. The predicted molar refractivity (Wildman–Crippen MR) is 74.2 cm³/mol. The van der Waals surface area contributed by atoms with Crippen LogP contribution in [0.15, 0.2) is 18.6 Å². The van der Waals surface area contributed by atoms with Crippen LogP contribution in [0.1, 0.15) is 12.0 Å². The van der Waals surface area contributed by atoms with Gasteiger partial charge in [0.15, 0.2) is 0 Å². The molecule has 0 saturated heterocycles. The van der Waals surface area contributed by atoms with E-state index in [-0.39, 0.29) is 0 Å². The summed E-state index contributed by atoms with van der Waals surface area (Å²) in [5.74, 6) is 1.60. The Bertz CT molecular complexity index is 507. The Kier molecular flexibility index (Phi) is 4.27. The Hall–Kier alpha value is -2.18. The van der Waals surface area contributed by atoms with Crippen LogP contribution in [-0.2, 0) is 6.54 Å². The topological polar surface area (TPSA) is 71.8 Å². The third-order valence-electron chi connectivity index (χ3n) is 2.69. The van der Waals surface area contributed by atoms with E-state index in [1.54, 1.807) is 6.20 Å². The van der Waals surface area contributed by atoms with Crippen molar-refractivity contribution in [3.05, 3.63) is 24.2 Å². The van der Waals surface area contributed by atoms with Crippen LogP contribution in [0.5, 0.6) is 0 Å². The number of aryl methyl sites for hydroxylation is 2. The first-order valence-corrected chi connectivity index (χ1v) is 6.26. The molecular weight excluding hydrogens is 242 g/mol. The van der Waals surface area contributed by atoms with Gasteiger partial charge < -0.3 is 10.2 Å². The molecule has 0 spiro atoms. The summed E-state index contributed by atoms with van der Waals surface area (Å²) in [6.45, 7) is 3.64. The summed E-state index contributed by atoms with van der Waals surface area (Å²) in [7, 11) is 3.95. The highest BCUT2D eigenvalue weighted by Gasteiger charge is 2.05. The summed E-state index contributed by atoms with van der Waals surface area (Å²) in [6.07, 6.45) is 6.31. The highest BCUT2D eigenvalue weighted by atomic mass is 15.4. The second-order valence-corrected chi connectivity index (χ2v) is 4.54. The summed E-state index contributed by atoms with van der Waals surface area (Å²) < 4.78 is 1.81. The van der Waals surface area contributed by atoms with E-state index < -0.39 is 0 Å². The first-order valence-electron chi connectivity index (χ1n) is 6.26. The van der Waals surface area contributed by atoms with Crippen LogP contribution in [-0.4, -0.2) is 45.6 Å². The number of aromatic nitrogens is 5. The van der Waals surface area contributed by atoms with Gasteiger partial charge in [-0.25, -0.2) is 4.98 Å². The van der Waals surface area contributed by atoms with E-state index in [0.29, 0.717) is 5.95 Å². The zero-order valence-corrected chi connectivity index (χ0v) is 11.5. The second kappa shape index (κ2) is 6.12. The van der Waals surface area contributed by atoms with Crippen molar-refractivity contribution in [2.75, 3.05) is 30.9 Å². The number of anilines is 2. The molecule has 0 radical (unpaired) electrons. The van der Waals surface area contributed by atoms with Gasteiger partial charge in [-0.1, -0.05) is 5.21 Å². The van der Waals surface area contributed by atoms with Crippen molar-refractivity contribution >= 4 is 11.8 Å².